The molecule has 0 aliphatic rings. The molecule has 28 heavy (non-hydrogen) atoms. The summed E-state index contributed by atoms with van der Waals surface area (Å²) in [6.45, 7) is 3.83. The monoisotopic (exact) mass is 381 g/mol. The molecule has 0 aliphatic carbocycles. The van der Waals surface area contributed by atoms with E-state index in [2.05, 4.69) is 10.3 Å². The normalized spacial score (nSPS) is 10.9. The highest BCUT2D eigenvalue weighted by molar-refractivity contribution is 5.96. The number of aromatic nitrogens is 1. The van der Waals surface area contributed by atoms with E-state index >= 15 is 0 Å². The zero-order valence-electron chi connectivity index (χ0n) is 16.3. The molecular formula is C22H24FN3O2. The molecule has 0 saturated heterocycles. The topological polar surface area (TPSA) is 65.2 Å². The van der Waals surface area contributed by atoms with E-state index in [0.717, 1.165) is 34.4 Å². The van der Waals surface area contributed by atoms with E-state index in [1.165, 1.54) is 17.0 Å². The minimum Gasteiger partial charge on any atom is -0.358 e. The largest absolute Gasteiger partial charge is 0.358 e. The van der Waals surface area contributed by atoms with Crippen molar-refractivity contribution in [2.45, 2.75) is 26.7 Å². The van der Waals surface area contributed by atoms with Gasteiger partial charge in [0.2, 0.25) is 11.8 Å². The van der Waals surface area contributed by atoms with E-state index < -0.39 is 0 Å². The Morgan fingerprint density at radius 3 is 2.68 bits per heavy atom. The fourth-order valence-corrected chi connectivity index (χ4v) is 3.31. The number of likely N-dealkylation sites (N-methyl/N-ethyl adjacent to an activating group) is 1. The first kappa shape index (κ1) is 19.6. The first-order valence-electron chi connectivity index (χ1n) is 9.27. The number of rotatable bonds is 6. The number of anilines is 1. The van der Waals surface area contributed by atoms with Gasteiger partial charge in [0.1, 0.15) is 5.82 Å². The molecule has 0 unspecified atom stereocenters. The summed E-state index contributed by atoms with van der Waals surface area (Å²) in [4.78, 5) is 29.6. The molecule has 0 atom stereocenters. The molecule has 3 rings (SSSR count). The highest BCUT2D eigenvalue weighted by atomic mass is 19.1. The smallest absolute Gasteiger partial charge is 0.243 e. The van der Waals surface area contributed by atoms with Gasteiger partial charge in [0, 0.05) is 29.3 Å². The first-order chi connectivity index (χ1) is 13.4. The van der Waals surface area contributed by atoms with Crippen LogP contribution in [-0.2, 0) is 22.4 Å². The molecule has 5 nitrogen and oxygen atoms in total. The quantitative estimate of drug-likeness (QED) is 0.682. The molecule has 0 aliphatic heterocycles. The van der Waals surface area contributed by atoms with Gasteiger partial charge in [-0.2, -0.15) is 0 Å². The van der Waals surface area contributed by atoms with Crippen LogP contribution in [0.25, 0.3) is 10.9 Å². The van der Waals surface area contributed by atoms with Crippen LogP contribution in [0.4, 0.5) is 10.1 Å². The van der Waals surface area contributed by atoms with E-state index in [0.29, 0.717) is 5.39 Å². The lowest BCUT2D eigenvalue weighted by molar-refractivity contribution is -0.132. The second-order valence-electron chi connectivity index (χ2n) is 6.90. The molecule has 2 aromatic carbocycles. The number of hydrogen-bond donors (Lipinski definition) is 2. The van der Waals surface area contributed by atoms with Gasteiger partial charge in [0.15, 0.2) is 0 Å². The van der Waals surface area contributed by atoms with Crippen molar-refractivity contribution in [3.8, 4) is 0 Å². The van der Waals surface area contributed by atoms with Crippen molar-refractivity contribution >= 4 is 28.4 Å². The molecule has 0 fully saturated rings. The average molecular weight is 381 g/mol. The van der Waals surface area contributed by atoms with Gasteiger partial charge >= 0.3 is 0 Å². The lowest BCUT2D eigenvalue weighted by atomic mass is 10.1. The van der Waals surface area contributed by atoms with Crippen molar-refractivity contribution in [1.82, 2.24) is 9.88 Å². The van der Waals surface area contributed by atoms with Crippen LogP contribution in [0, 0.1) is 12.7 Å². The second-order valence-corrected chi connectivity index (χ2v) is 6.90. The van der Waals surface area contributed by atoms with Crippen molar-refractivity contribution in [1.29, 1.82) is 0 Å². The lowest BCUT2D eigenvalue weighted by Gasteiger charge is -2.18. The van der Waals surface area contributed by atoms with E-state index in [1.54, 1.807) is 13.1 Å². The molecule has 6 heteroatoms. The van der Waals surface area contributed by atoms with Crippen molar-refractivity contribution in [2.24, 2.45) is 0 Å². The zero-order valence-corrected chi connectivity index (χ0v) is 16.3. The van der Waals surface area contributed by atoms with Gasteiger partial charge in [0.25, 0.3) is 0 Å². The molecule has 1 heterocycles. The summed E-state index contributed by atoms with van der Waals surface area (Å²) in [5, 5.41) is 3.56. The minimum atomic E-state index is -0.345. The highest BCUT2D eigenvalue weighted by Crippen LogP contribution is 2.24. The Hall–Kier alpha value is -3.15. The van der Waals surface area contributed by atoms with Crippen LogP contribution in [0.15, 0.2) is 42.5 Å². The number of halogens is 1. The summed E-state index contributed by atoms with van der Waals surface area (Å²) in [6, 6.07) is 12.1. The summed E-state index contributed by atoms with van der Waals surface area (Å²) in [5.74, 6) is -0.798. The fraction of sp³-hybridized carbons (Fsp3) is 0.273. The Balaban J connectivity index is 1.67. The molecule has 0 saturated carbocycles. The molecule has 2 amide bonds. The Bertz CT molecular complexity index is 1030. The van der Waals surface area contributed by atoms with Crippen LogP contribution in [-0.4, -0.2) is 35.3 Å². The van der Waals surface area contributed by atoms with Gasteiger partial charge in [0.05, 0.1) is 13.0 Å². The van der Waals surface area contributed by atoms with Gasteiger partial charge < -0.3 is 15.2 Å². The maximum atomic E-state index is 13.6. The number of nitrogens with one attached hydrogen (secondary N) is 2. The number of H-pyrrole nitrogens is 1. The number of nitrogens with zero attached hydrogens (tertiary/aromatic N) is 1. The SMILES string of the molecule is CCc1ccccc1NC(=O)CN(C)C(=O)Cc1c(C)[nH]c2ccc(F)cc12. The van der Waals surface area contributed by atoms with Gasteiger partial charge in [-0.25, -0.2) is 4.39 Å². The van der Waals surface area contributed by atoms with E-state index in [4.69, 9.17) is 0 Å². The Labute approximate surface area is 163 Å². The van der Waals surface area contributed by atoms with Crippen LogP contribution in [0.1, 0.15) is 23.7 Å². The number of carbonyl (C=O) groups is 2. The second kappa shape index (κ2) is 8.25. The van der Waals surface area contributed by atoms with E-state index in [9.17, 15) is 14.0 Å². The van der Waals surface area contributed by atoms with E-state index in [-0.39, 0.29) is 30.6 Å². The van der Waals surface area contributed by atoms with Gasteiger partial charge in [-0.1, -0.05) is 25.1 Å². The van der Waals surface area contributed by atoms with Crippen LogP contribution in [0.3, 0.4) is 0 Å². The standard InChI is InChI=1S/C22H24FN3O2/c1-4-15-7-5-6-8-19(15)25-21(27)13-26(3)22(28)12-17-14(2)24-20-10-9-16(23)11-18(17)20/h5-11,24H,4,12-13H2,1-3H3,(H,25,27). The predicted octanol–water partition coefficient (Wildman–Crippen LogP) is 3.82. The fourth-order valence-electron chi connectivity index (χ4n) is 3.31. The van der Waals surface area contributed by atoms with Crippen LogP contribution >= 0.6 is 0 Å². The lowest BCUT2D eigenvalue weighted by Crippen LogP contribution is -2.36. The number of aromatic amines is 1. The third kappa shape index (κ3) is 4.22. The Morgan fingerprint density at radius 2 is 1.93 bits per heavy atom. The third-order valence-corrected chi connectivity index (χ3v) is 4.89. The van der Waals surface area contributed by atoms with Crippen molar-refractivity contribution in [3.63, 3.8) is 0 Å². The molecule has 2 N–H and O–H groups in total. The molecule has 1 aromatic heterocycles. The summed E-state index contributed by atoms with van der Waals surface area (Å²) in [5.41, 5.74) is 4.17. The van der Waals surface area contributed by atoms with Crippen LogP contribution in [0.2, 0.25) is 0 Å². The maximum absolute atomic E-state index is 13.6. The van der Waals surface area contributed by atoms with Gasteiger partial charge in [-0.3, -0.25) is 9.59 Å². The molecule has 0 spiro atoms. The number of amides is 2. The van der Waals surface area contributed by atoms with Crippen molar-refractivity contribution < 1.29 is 14.0 Å². The average Bonchev–Trinajstić information content (AvgIpc) is 2.97. The third-order valence-electron chi connectivity index (χ3n) is 4.89. The summed E-state index contributed by atoms with van der Waals surface area (Å²) in [7, 11) is 1.60. The summed E-state index contributed by atoms with van der Waals surface area (Å²) < 4.78 is 13.6. The molecular weight excluding hydrogens is 357 g/mol. The maximum Gasteiger partial charge on any atom is 0.243 e. The number of aryl methyl sites for hydroxylation is 2. The number of para-hydroxylation sites is 1. The molecule has 146 valence electrons. The first-order valence-corrected chi connectivity index (χ1v) is 9.27. The van der Waals surface area contributed by atoms with Crippen molar-refractivity contribution in [3.05, 3.63) is 65.1 Å². The minimum absolute atomic E-state index is 0.0490. The number of hydrogen-bond acceptors (Lipinski definition) is 2. The highest BCUT2D eigenvalue weighted by Gasteiger charge is 2.18. The van der Waals surface area contributed by atoms with Gasteiger partial charge in [-0.05, 0) is 48.7 Å². The zero-order chi connectivity index (χ0) is 20.3. The predicted molar refractivity (Wildman–Crippen MR) is 109 cm³/mol. The van der Waals surface area contributed by atoms with Gasteiger partial charge in [-0.15, -0.1) is 0 Å². The molecule has 0 bridgehead atoms. The van der Waals surface area contributed by atoms with E-state index in [1.807, 2.05) is 38.1 Å². The summed E-state index contributed by atoms with van der Waals surface area (Å²) in [6.07, 6.45) is 0.909. The number of fused-ring (bicyclic) bond motifs is 1. The van der Waals surface area contributed by atoms with Crippen molar-refractivity contribution in [2.75, 3.05) is 18.9 Å². The summed E-state index contributed by atoms with van der Waals surface area (Å²) >= 11 is 0. The Morgan fingerprint density at radius 1 is 1.18 bits per heavy atom. The number of benzene rings is 2. The molecule has 3 aromatic rings. The molecule has 0 radical (unpaired) electrons. The number of carbonyl (C=O) groups excluding carboxylic acids is 2. The van der Waals surface area contributed by atoms with Crippen LogP contribution in [0.5, 0.6) is 0 Å². The Kier molecular flexibility index (Phi) is 5.78. The van der Waals surface area contributed by atoms with Crippen LogP contribution < -0.4 is 5.32 Å².